The van der Waals surface area contributed by atoms with E-state index in [1.165, 1.54) is 0 Å². The van der Waals surface area contributed by atoms with Crippen molar-refractivity contribution in [2.45, 2.75) is 76.3 Å². The minimum absolute atomic E-state index is 0.00317. The first kappa shape index (κ1) is 36.2. The molecule has 5 atom stereocenters. The van der Waals surface area contributed by atoms with Gasteiger partial charge in [0.1, 0.15) is 12.4 Å². The second-order valence-corrected chi connectivity index (χ2v) is 15.9. The highest BCUT2D eigenvalue weighted by Crippen LogP contribution is 2.47. The molecule has 2 aromatic carbocycles. The molecule has 0 aromatic heterocycles. The summed E-state index contributed by atoms with van der Waals surface area (Å²) in [7, 11) is -2.39. The van der Waals surface area contributed by atoms with E-state index in [4.69, 9.17) is 21.1 Å². The van der Waals surface area contributed by atoms with Gasteiger partial charge < -0.3 is 24.8 Å². The van der Waals surface area contributed by atoms with Crippen LogP contribution in [0.3, 0.4) is 0 Å². The number of aliphatic hydroxyl groups excluding tert-OH is 1. The van der Waals surface area contributed by atoms with Gasteiger partial charge in [0.2, 0.25) is 15.9 Å². The van der Waals surface area contributed by atoms with Gasteiger partial charge in [-0.1, -0.05) is 36.7 Å². The molecule has 262 valence electrons. The van der Waals surface area contributed by atoms with Gasteiger partial charge in [-0.25, -0.2) is 13.1 Å². The SMILES string of the molecule is CO[C@@]1(CC(=O)NCCO)/C=C/C[C@H](C)[C@@H](C)S(=O)(=O)NC(=O)c2ccc3c(c2)N(CCCCc2cc(Cl)ccc2CO3)C[C@@H]2CC[C@H]21. The molecule has 1 aliphatic carbocycles. The number of carbonyl (C=O) groups is 2. The number of amides is 2. The van der Waals surface area contributed by atoms with Crippen LogP contribution < -0.4 is 19.7 Å². The Kier molecular flexibility index (Phi) is 11.8. The molecule has 0 spiro atoms. The number of aliphatic hydroxyl groups is 1. The molecule has 5 rings (SSSR count). The van der Waals surface area contributed by atoms with E-state index in [0.717, 1.165) is 48.9 Å². The molecule has 0 unspecified atom stereocenters. The molecule has 2 aliphatic heterocycles. The lowest BCUT2D eigenvalue weighted by atomic mass is 9.63. The van der Waals surface area contributed by atoms with Gasteiger partial charge in [0.05, 0.1) is 29.6 Å². The first-order valence-electron chi connectivity index (χ1n) is 16.9. The Hall–Kier alpha value is -3.12. The summed E-state index contributed by atoms with van der Waals surface area (Å²) >= 11 is 6.34. The normalized spacial score (nSPS) is 28.3. The van der Waals surface area contributed by atoms with Crippen molar-refractivity contribution in [3.63, 3.8) is 0 Å². The standard InChI is InChI=1S/C36H48ClN3O7S/c1-24-7-6-15-36(46-3,21-34(42)38-16-18-41)31-13-10-28(31)22-40-17-5-4-8-26-19-30(37)12-9-29(26)23-47-33-14-11-27(20-32(33)40)35(43)39-48(44,45)25(24)2/h6,9,11-12,14-15,19-20,24-25,28,31,41H,4-5,7-8,10,13,16-18,21-23H2,1-3H3,(H,38,42)(H,39,43)/b15-6+/t24-,25+,28-,31+,36+/m0/s1. The van der Waals surface area contributed by atoms with E-state index in [0.29, 0.717) is 36.9 Å². The quantitative estimate of drug-likeness (QED) is 0.371. The first-order chi connectivity index (χ1) is 23.0. The summed E-state index contributed by atoms with van der Waals surface area (Å²) in [6.45, 7) is 5.05. The summed E-state index contributed by atoms with van der Waals surface area (Å²) in [4.78, 5) is 28.8. The number of benzene rings is 2. The maximum absolute atomic E-state index is 13.5. The highest BCUT2D eigenvalue weighted by atomic mass is 35.5. The molecule has 2 bridgehead atoms. The van der Waals surface area contributed by atoms with Crippen LogP contribution in [0.1, 0.15) is 73.9 Å². The summed E-state index contributed by atoms with van der Waals surface area (Å²) in [5.74, 6) is -0.469. The van der Waals surface area contributed by atoms with Gasteiger partial charge >= 0.3 is 0 Å². The number of ether oxygens (including phenoxy) is 2. The van der Waals surface area contributed by atoms with Crippen molar-refractivity contribution >= 4 is 39.1 Å². The van der Waals surface area contributed by atoms with Gasteiger partial charge in [0.15, 0.2) is 0 Å². The number of methoxy groups -OCH3 is 1. The number of carbonyl (C=O) groups excluding carboxylic acids is 2. The number of aryl methyl sites for hydroxylation is 1. The van der Waals surface area contributed by atoms with Crippen molar-refractivity contribution in [2.24, 2.45) is 17.8 Å². The molecule has 10 nitrogen and oxygen atoms in total. The van der Waals surface area contributed by atoms with E-state index in [9.17, 15) is 23.1 Å². The molecule has 2 aromatic rings. The largest absolute Gasteiger partial charge is 0.487 e. The Bertz CT molecular complexity index is 1620. The van der Waals surface area contributed by atoms with Crippen LogP contribution >= 0.6 is 11.6 Å². The van der Waals surface area contributed by atoms with E-state index in [-0.39, 0.29) is 48.8 Å². The molecule has 1 saturated carbocycles. The number of allylic oxidation sites excluding steroid dienone is 1. The third-order valence-electron chi connectivity index (χ3n) is 10.4. The number of nitrogens with zero attached hydrogens (tertiary/aromatic N) is 1. The average Bonchev–Trinajstić information content (AvgIpc) is 3.07. The lowest BCUT2D eigenvalue weighted by Gasteiger charge is -2.49. The van der Waals surface area contributed by atoms with Gasteiger partial charge in [-0.05, 0) is 105 Å². The van der Waals surface area contributed by atoms with E-state index >= 15 is 0 Å². The smallest absolute Gasteiger partial charge is 0.264 e. The summed E-state index contributed by atoms with van der Waals surface area (Å²) in [6.07, 6.45) is 8.74. The van der Waals surface area contributed by atoms with E-state index in [1.54, 1.807) is 32.2 Å². The number of halogens is 1. The van der Waals surface area contributed by atoms with E-state index < -0.39 is 26.8 Å². The average molecular weight is 702 g/mol. The molecule has 12 heteroatoms. The van der Waals surface area contributed by atoms with Crippen molar-refractivity contribution in [1.29, 1.82) is 0 Å². The van der Waals surface area contributed by atoms with Crippen molar-refractivity contribution in [2.75, 3.05) is 38.3 Å². The summed E-state index contributed by atoms with van der Waals surface area (Å²) < 4.78 is 41.8. The summed E-state index contributed by atoms with van der Waals surface area (Å²) in [6, 6.07) is 10.9. The maximum Gasteiger partial charge on any atom is 0.264 e. The van der Waals surface area contributed by atoms with Crippen molar-refractivity contribution in [3.05, 3.63) is 70.3 Å². The Morgan fingerprint density at radius 1 is 1.17 bits per heavy atom. The highest BCUT2D eigenvalue weighted by molar-refractivity contribution is 7.90. The zero-order valence-electron chi connectivity index (χ0n) is 28.0. The Labute approximate surface area is 289 Å². The zero-order chi connectivity index (χ0) is 34.5. The van der Waals surface area contributed by atoms with E-state index in [2.05, 4.69) is 14.9 Å². The fourth-order valence-corrected chi connectivity index (χ4v) is 8.65. The molecule has 48 heavy (non-hydrogen) atoms. The number of anilines is 1. The Morgan fingerprint density at radius 3 is 2.71 bits per heavy atom. The fraction of sp³-hybridized carbons (Fsp3) is 0.556. The van der Waals surface area contributed by atoms with Crippen LogP contribution in [0, 0.1) is 17.8 Å². The van der Waals surface area contributed by atoms with Crippen LogP contribution in [0.4, 0.5) is 5.69 Å². The number of rotatable bonds is 5. The van der Waals surface area contributed by atoms with Gasteiger partial charge in [-0.15, -0.1) is 0 Å². The third-order valence-corrected chi connectivity index (χ3v) is 12.6. The predicted octanol–water partition coefficient (Wildman–Crippen LogP) is 5.02. The monoisotopic (exact) mass is 701 g/mol. The lowest BCUT2D eigenvalue weighted by molar-refractivity contribution is -0.133. The second kappa shape index (κ2) is 15.6. The van der Waals surface area contributed by atoms with Crippen LogP contribution in [-0.2, 0) is 32.6 Å². The second-order valence-electron chi connectivity index (χ2n) is 13.4. The molecular weight excluding hydrogens is 654 g/mol. The Morgan fingerprint density at radius 2 is 1.98 bits per heavy atom. The molecular formula is C36H48ClN3O7S. The van der Waals surface area contributed by atoms with Crippen molar-refractivity contribution in [1.82, 2.24) is 10.0 Å². The zero-order valence-corrected chi connectivity index (χ0v) is 29.6. The maximum atomic E-state index is 13.5. The Balaban J connectivity index is 1.57. The number of fused-ring (bicyclic) bond motifs is 3. The number of hydrogen-bond donors (Lipinski definition) is 3. The molecule has 3 N–H and O–H groups in total. The molecule has 1 fully saturated rings. The number of hydrogen-bond acceptors (Lipinski definition) is 8. The molecule has 0 saturated heterocycles. The lowest BCUT2D eigenvalue weighted by Crippen LogP contribution is -2.53. The minimum atomic E-state index is -4.02. The van der Waals surface area contributed by atoms with Crippen molar-refractivity contribution < 1.29 is 32.6 Å². The minimum Gasteiger partial charge on any atom is -0.487 e. The van der Waals surface area contributed by atoms with Gasteiger partial charge in [-0.2, -0.15) is 0 Å². The van der Waals surface area contributed by atoms with Crippen LogP contribution in [0.5, 0.6) is 5.75 Å². The van der Waals surface area contributed by atoms with Gasteiger partial charge in [0, 0.05) is 37.3 Å². The van der Waals surface area contributed by atoms with E-state index in [1.807, 2.05) is 37.3 Å². The van der Waals surface area contributed by atoms with Crippen LogP contribution in [0.15, 0.2) is 48.6 Å². The van der Waals surface area contributed by atoms with Gasteiger partial charge in [-0.3, -0.25) is 9.59 Å². The summed E-state index contributed by atoms with van der Waals surface area (Å²) in [5.41, 5.74) is 2.21. The predicted molar refractivity (Wildman–Crippen MR) is 187 cm³/mol. The third kappa shape index (κ3) is 8.18. The topological polar surface area (TPSA) is 134 Å². The molecule has 3 aliphatic rings. The van der Waals surface area contributed by atoms with Crippen LogP contribution in [0.25, 0.3) is 0 Å². The number of sulfonamides is 1. The van der Waals surface area contributed by atoms with Crippen LogP contribution in [-0.4, -0.2) is 69.5 Å². The number of nitrogens with one attached hydrogen (secondary N) is 2. The fourth-order valence-electron chi connectivity index (χ4n) is 7.17. The first-order valence-corrected chi connectivity index (χ1v) is 18.8. The van der Waals surface area contributed by atoms with Gasteiger partial charge in [0.25, 0.3) is 5.91 Å². The molecule has 2 heterocycles. The molecule has 2 amide bonds. The molecule has 0 radical (unpaired) electrons. The van der Waals surface area contributed by atoms with Crippen LogP contribution in [0.2, 0.25) is 5.02 Å². The highest BCUT2D eigenvalue weighted by Gasteiger charge is 2.48. The summed E-state index contributed by atoms with van der Waals surface area (Å²) in [5, 5.41) is 11.9. The van der Waals surface area contributed by atoms with Crippen molar-refractivity contribution in [3.8, 4) is 5.75 Å².